The third kappa shape index (κ3) is 3.00. The Kier molecular flexibility index (Phi) is 4.05. The highest BCUT2D eigenvalue weighted by molar-refractivity contribution is 5.98. The minimum absolute atomic E-state index is 0.0499. The van der Waals surface area contributed by atoms with E-state index in [1.165, 1.54) is 0 Å². The predicted octanol–water partition coefficient (Wildman–Crippen LogP) is 2.92. The van der Waals surface area contributed by atoms with Gasteiger partial charge < -0.3 is 14.8 Å². The van der Waals surface area contributed by atoms with Gasteiger partial charge in [-0.3, -0.25) is 14.9 Å². The van der Waals surface area contributed by atoms with Crippen LogP contribution in [0.2, 0.25) is 0 Å². The first-order chi connectivity index (χ1) is 13.8. The van der Waals surface area contributed by atoms with Gasteiger partial charge in [0.25, 0.3) is 5.91 Å². The molecule has 4 heterocycles. The summed E-state index contributed by atoms with van der Waals surface area (Å²) in [6.45, 7) is 2.85. The molecule has 140 valence electrons. The third-order valence-corrected chi connectivity index (χ3v) is 5.19. The van der Waals surface area contributed by atoms with Gasteiger partial charge in [-0.15, -0.1) is 0 Å². The smallest absolute Gasteiger partial charge is 0.270 e. The van der Waals surface area contributed by atoms with Gasteiger partial charge in [-0.25, -0.2) is 0 Å². The van der Waals surface area contributed by atoms with Crippen molar-refractivity contribution in [1.82, 2.24) is 25.1 Å². The molecular weight excluding hydrogens is 352 g/mol. The Hall–Kier alpha value is -3.61. The van der Waals surface area contributed by atoms with E-state index < -0.39 is 0 Å². The maximum absolute atomic E-state index is 12.8. The van der Waals surface area contributed by atoms with E-state index in [9.17, 15) is 4.79 Å². The SMILES string of the molecule is O=C(c1cc2ccccc2[nH]1)N1CCN(c2cc(-c3cccnc3)[nH]n2)CC1. The predicted molar refractivity (Wildman–Crippen MR) is 108 cm³/mol. The number of para-hydroxylation sites is 1. The summed E-state index contributed by atoms with van der Waals surface area (Å²) in [5.41, 5.74) is 3.59. The van der Waals surface area contributed by atoms with E-state index in [1.807, 2.05) is 59.6 Å². The number of rotatable bonds is 3. The van der Waals surface area contributed by atoms with Crippen molar-refractivity contribution in [2.24, 2.45) is 0 Å². The number of pyridine rings is 1. The third-order valence-electron chi connectivity index (χ3n) is 5.19. The quantitative estimate of drug-likeness (QED) is 0.579. The molecule has 2 N–H and O–H groups in total. The maximum atomic E-state index is 12.8. The molecule has 5 rings (SSSR count). The van der Waals surface area contributed by atoms with Crippen LogP contribution in [0.3, 0.4) is 0 Å². The van der Waals surface area contributed by atoms with Crippen molar-refractivity contribution in [2.45, 2.75) is 0 Å². The lowest BCUT2D eigenvalue weighted by molar-refractivity contribution is 0.0741. The topological polar surface area (TPSA) is 80.9 Å². The summed E-state index contributed by atoms with van der Waals surface area (Å²) in [6, 6.07) is 15.8. The van der Waals surface area contributed by atoms with Crippen molar-refractivity contribution in [1.29, 1.82) is 0 Å². The van der Waals surface area contributed by atoms with Gasteiger partial charge in [-0.1, -0.05) is 18.2 Å². The molecule has 0 bridgehead atoms. The number of fused-ring (bicyclic) bond motifs is 1. The highest BCUT2D eigenvalue weighted by Gasteiger charge is 2.24. The molecule has 0 aliphatic carbocycles. The molecule has 7 nitrogen and oxygen atoms in total. The van der Waals surface area contributed by atoms with Crippen molar-refractivity contribution in [3.05, 3.63) is 66.6 Å². The van der Waals surface area contributed by atoms with E-state index in [0.717, 1.165) is 41.1 Å². The Morgan fingerprint density at radius 1 is 1.00 bits per heavy atom. The number of carbonyl (C=O) groups excluding carboxylic acids is 1. The van der Waals surface area contributed by atoms with E-state index in [0.29, 0.717) is 18.8 Å². The molecule has 1 saturated heterocycles. The number of hydrogen-bond acceptors (Lipinski definition) is 4. The number of nitrogens with one attached hydrogen (secondary N) is 2. The van der Waals surface area contributed by atoms with E-state index in [-0.39, 0.29) is 5.91 Å². The van der Waals surface area contributed by atoms with Gasteiger partial charge in [-0.05, 0) is 24.3 Å². The standard InChI is InChI=1S/C21H20N6O/c28-21(19-12-15-4-1-2-6-17(15)23-19)27-10-8-26(9-11-27)20-13-18(24-25-20)16-5-3-7-22-14-16/h1-7,12-14,23H,8-11H2,(H,24,25). The number of piperazine rings is 1. The summed E-state index contributed by atoms with van der Waals surface area (Å²) in [6.07, 6.45) is 3.57. The van der Waals surface area contributed by atoms with Crippen molar-refractivity contribution in [2.75, 3.05) is 31.1 Å². The summed E-state index contributed by atoms with van der Waals surface area (Å²) in [5, 5.41) is 8.57. The number of anilines is 1. The number of H-pyrrole nitrogens is 2. The zero-order valence-corrected chi connectivity index (χ0v) is 15.3. The fraction of sp³-hybridized carbons (Fsp3) is 0.190. The van der Waals surface area contributed by atoms with Gasteiger partial charge in [0.2, 0.25) is 0 Å². The number of amides is 1. The zero-order chi connectivity index (χ0) is 18.9. The molecule has 1 aromatic carbocycles. The van der Waals surface area contributed by atoms with Gasteiger partial charge in [0.05, 0.1) is 5.69 Å². The Labute approximate surface area is 162 Å². The monoisotopic (exact) mass is 372 g/mol. The number of benzene rings is 1. The van der Waals surface area contributed by atoms with Crippen LogP contribution in [0, 0.1) is 0 Å². The minimum atomic E-state index is 0.0499. The molecule has 1 aliphatic heterocycles. The van der Waals surface area contributed by atoms with Gasteiger partial charge in [0.1, 0.15) is 5.69 Å². The second-order valence-electron chi connectivity index (χ2n) is 6.93. The number of nitrogens with zero attached hydrogens (tertiary/aromatic N) is 4. The Morgan fingerprint density at radius 3 is 2.64 bits per heavy atom. The van der Waals surface area contributed by atoms with Crippen LogP contribution < -0.4 is 4.90 Å². The normalized spacial score (nSPS) is 14.6. The lowest BCUT2D eigenvalue weighted by atomic mass is 10.2. The molecule has 1 amide bonds. The Balaban J connectivity index is 1.26. The molecule has 0 spiro atoms. The summed E-state index contributed by atoms with van der Waals surface area (Å²) in [4.78, 5) is 24.3. The molecule has 1 fully saturated rings. The highest BCUT2D eigenvalue weighted by atomic mass is 16.2. The van der Waals surface area contributed by atoms with Gasteiger partial charge in [-0.2, -0.15) is 5.10 Å². The average Bonchev–Trinajstić information content (AvgIpc) is 3.41. The molecule has 0 radical (unpaired) electrons. The number of hydrogen-bond donors (Lipinski definition) is 2. The Morgan fingerprint density at radius 2 is 1.86 bits per heavy atom. The van der Waals surface area contributed by atoms with Crippen LogP contribution in [-0.4, -0.2) is 57.2 Å². The lowest BCUT2D eigenvalue weighted by Gasteiger charge is -2.34. The van der Waals surface area contributed by atoms with Gasteiger partial charge in [0, 0.05) is 61.1 Å². The average molecular weight is 372 g/mol. The van der Waals surface area contributed by atoms with Crippen molar-refractivity contribution < 1.29 is 4.79 Å². The van der Waals surface area contributed by atoms with Crippen molar-refractivity contribution >= 4 is 22.6 Å². The van der Waals surface area contributed by atoms with E-state index >= 15 is 0 Å². The molecule has 0 saturated carbocycles. The number of carbonyl (C=O) groups is 1. The molecule has 7 heteroatoms. The van der Waals surface area contributed by atoms with Crippen LogP contribution in [0.5, 0.6) is 0 Å². The van der Waals surface area contributed by atoms with E-state index in [4.69, 9.17) is 0 Å². The van der Waals surface area contributed by atoms with Gasteiger partial charge in [0.15, 0.2) is 5.82 Å². The zero-order valence-electron chi connectivity index (χ0n) is 15.3. The molecule has 1 aliphatic rings. The van der Waals surface area contributed by atoms with Crippen molar-refractivity contribution in [3.8, 4) is 11.3 Å². The van der Waals surface area contributed by atoms with Gasteiger partial charge >= 0.3 is 0 Å². The lowest BCUT2D eigenvalue weighted by Crippen LogP contribution is -2.49. The largest absolute Gasteiger partial charge is 0.352 e. The minimum Gasteiger partial charge on any atom is -0.352 e. The molecule has 0 unspecified atom stereocenters. The summed E-state index contributed by atoms with van der Waals surface area (Å²) < 4.78 is 0. The fourth-order valence-corrected chi connectivity index (χ4v) is 3.64. The van der Waals surface area contributed by atoms with Crippen LogP contribution in [-0.2, 0) is 0 Å². The molecule has 28 heavy (non-hydrogen) atoms. The second-order valence-corrected chi connectivity index (χ2v) is 6.93. The Bertz CT molecular complexity index is 1080. The molecular formula is C21H20N6O. The molecule has 3 aromatic heterocycles. The van der Waals surface area contributed by atoms with E-state index in [2.05, 4.69) is 25.1 Å². The number of aromatic nitrogens is 4. The van der Waals surface area contributed by atoms with E-state index in [1.54, 1.807) is 6.20 Å². The van der Waals surface area contributed by atoms with Crippen LogP contribution in [0.4, 0.5) is 5.82 Å². The number of aromatic amines is 2. The molecule has 0 atom stereocenters. The fourth-order valence-electron chi connectivity index (χ4n) is 3.64. The first kappa shape index (κ1) is 16.6. The van der Waals surface area contributed by atoms with Crippen LogP contribution in [0.1, 0.15) is 10.5 Å². The van der Waals surface area contributed by atoms with Crippen LogP contribution in [0.15, 0.2) is 60.9 Å². The summed E-state index contributed by atoms with van der Waals surface area (Å²) >= 11 is 0. The van der Waals surface area contributed by atoms with Crippen molar-refractivity contribution in [3.63, 3.8) is 0 Å². The summed E-state index contributed by atoms with van der Waals surface area (Å²) in [5.74, 6) is 0.950. The first-order valence-electron chi connectivity index (χ1n) is 9.36. The first-order valence-corrected chi connectivity index (χ1v) is 9.36. The molecule has 4 aromatic rings. The second kappa shape index (κ2) is 6.84. The maximum Gasteiger partial charge on any atom is 0.270 e. The summed E-state index contributed by atoms with van der Waals surface area (Å²) in [7, 11) is 0. The van der Waals surface area contributed by atoms with Crippen LogP contribution >= 0.6 is 0 Å². The van der Waals surface area contributed by atoms with Crippen LogP contribution in [0.25, 0.3) is 22.2 Å². The highest BCUT2D eigenvalue weighted by Crippen LogP contribution is 2.22.